The molecule has 13 nitrogen and oxygen atoms in total. The summed E-state index contributed by atoms with van der Waals surface area (Å²) < 4.78 is 14.9. The maximum Gasteiger partial charge on any atom is 0.224 e. The minimum Gasteiger partial charge on any atom is -0.508 e. The zero-order valence-electron chi connectivity index (χ0n) is 31.7. The third-order valence-electron chi connectivity index (χ3n) is 9.75. The van der Waals surface area contributed by atoms with Gasteiger partial charge in [-0.2, -0.15) is 4.68 Å². The van der Waals surface area contributed by atoms with Crippen molar-refractivity contribution >= 4 is 35.0 Å². The predicted molar refractivity (Wildman–Crippen MR) is 222 cm³/mol. The highest BCUT2D eigenvalue weighted by atomic mass is 32.2. The van der Waals surface area contributed by atoms with Crippen LogP contribution in [0.1, 0.15) is 66.8 Å². The number of benzene rings is 5. The van der Waals surface area contributed by atoms with Crippen LogP contribution in [0.25, 0.3) is 16.8 Å². The molecule has 0 saturated carbocycles. The number of unbranched alkanes of at least 4 members (excludes halogenated alkanes) is 1. The first-order valence-corrected chi connectivity index (χ1v) is 20.1. The lowest BCUT2D eigenvalue weighted by molar-refractivity contribution is -0.245. The van der Waals surface area contributed by atoms with E-state index in [4.69, 9.17) is 15.2 Å². The number of thioether (sulfide) groups is 1. The van der Waals surface area contributed by atoms with Gasteiger partial charge in [-0.3, -0.25) is 9.59 Å². The number of phenols is 1. The quantitative estimate of drug-likeness (QED) is 0.0377. The summed E-state index contributed by atoms with van der Waals surface area (Å²) in [7, 11) is 0. The molecule has 2 amide bonds. The topological polar surface area (TPSA) is 187 Å². The Bertz CT molecular complexity index is 2300. The number of aromatic hydroxyl groups is 1. The van der Waals surface area contributed by atoms with Crippen molar-refractivity contribution in [1.29, 1.82) is 0 Å². The molecule has 5 aromatic carbocycles. The molecular weight excluding hydrogens is 755 g/mol. The van der Waals surface area contributed by atoms with E-state index in [2.05, 4.69) is 38.3 Å². The number of aliphatic hydroxyl groups is 1. The molecule has 1 aromatic heterocycles. The predicted octanol–water partition coefficient (Wildman–Crippen LogP) is 7.26. The fraction of sp³-hybridized carbons (Fsp3) is 0.250. The van der Waals surface area contributed by atoms with Crippen LogP contribution in [-0.2, 0) is 32.2 Å². The molecule has 1 aliphatic heterocycles. The van der Waals surface area contributed by atoms with Crippen LogP contribution in [0.3, 0.4) is 0 Å². The largest absolute Gasteiger partial charge is 0.508 e. The van der Waals surface area contributed by atoms with Crippen molar-refractivity contribution in [2.24, 2.45) is 0 Å². The van der Waals surface area contributed by atoms with Crippen molar-refractivity contribution in [1.82, 2.24) is 25.5 Å². The van der Waals surface area contributed by atoms with E-state index >= 15 is 0 Å². The summed E-state index contributed by atoms with van der Waals surface area (Å²) in [5.41, 5.74) is 13.3. The number of aliphatic hydroxyl groups excluding tert-OH is 1. The van der Waals surface area contributed by atoms with Gasteiger partial charge < -0.3 is 36.1 Å². The van der Waals surface area contributed by atoms with Gasteiger partial charge in [-0.25, -0.2) is 0 Å². The first-order valence-electron chi connectivity index (χ1n) is 19.1. The second-order valence-electron chi connectivity index (χ2n) is 14.0. The monoisotopic (exact) mass is 799 g/mol. The molecule has 298 valence electrons. The fourth-order valence-corrected chi connectivity index (χ4v) is 7.53. The third-order valence-corrected chi connectivity index (χ3v) is 10.8. The van der Waals surface area contributed by atoms with Gasteiger partial charge in [0.15, 0.2) is 6.29 Å². The number of tetrazole rings is 1. The van der Waals surface area contributed by atoms with Crippen LogP contribution in [0.4, 0.5) is 11.4 Å². The smallest absolute Gasteiger partial charge is 0.224 e. The zero-order valence-corrected chi connectivity index (χ0v) is 32.6. The number of carbonyl (C=O) groups excluding carboxylic acids is 2. The number of nitrogens with zero attached hydrogens (tertiary/aromatic N) is 4. The number of nitrogens with one attached hydrogen (secondary N) is 2. The van der Waals surface area contributed by atoms with E-state index in [0.29, 0.717) is 60.9 Å². The van der Waals surface area contributed by atoms with E-state index in [1.165, 1.54) is 11.8 Å². The highest BCUT2D eigenvalue weighted by molar-refractivity contribution is 7.99. The van der Waals surface area contributed by atoms with Gasteiger partial charge in [0.1, 0.15) is 5.75 Å². The molecule has 3 atom stereocenters. The number of amides is 2. The Labute approximate surface area is 340 Å². The van der Waals surface area contributed by atoms with Crippen LogP contribution in [-0.4, -0.2) is 54.1 Å². The van der Waals surface area contributed by atoms with Crippen molar-refractivity contribution in [3.8, 4) is 22.6 Å². The van der Waals surface area contributed by atoms with E-state index in [1.807, 2.05) is 72.8 Å². The molecule has 2 heterocycles. The standard InChI is InChI=1S/C44H45N7O6S/c45-38-11-1-2-12-39(38)47-42(55)14-4-3-13-41(54)46-26-30-7-5-8-32(23-30)33-9-6-10-34(24-33)43-56-37(25-40(57-43)31-17-15-29(27-52)16-18-31)28-58-44-48-49-50-51(44)35-19-21-36(53)22-20-35/h1-2,5-12,15-24,37,40,43,52-53H,3-4,13-14,25-28,45H2,(H,46,54)(H,47,55). The van der Waals surface area contributed by atoms with Gasteiger partial charge in [0.25, 0.3) is 0 Å². The number of aromatic nitrogens is 4. The number of carbonyl (C=O) groups is 2. The number of hydrogen-bond acceptors (Lipinski definition) is 11. The van der Waals surface area contributed by atoms with E-state index in [0.717, 1.165) is 39.1 Å². The van der Waals surface area contributed by atoms with Crippen LogP contribution >= 0.6 is 11.8 Å². The number of anilines is 2. The molecule has 58 heavy (non-hydrogen) atoms. The summed E-state index contributed by atoms with van der Waals surface area (Å²) in [6.45, 7) is 0.335. The minimum atomic E-state index is -0.667. The fourth-order valence-electron chi connectivity index (χ4n) is 6.62. The van der Waals surface area contributed by atoms with E-state index < -0.39 is 6.29 Å². The molecular formula is C44H45N7O6S. The Balaban J connectivity index is 0.976. The summed E-state index contributed by atoms with van der Waals surface area (Å²) in [5.74, 6) is 0.508. The molecule has 14 heteroatoms. The third kappa shape index (κ3) is 10.7. The number of nitrogens with two attached hydrogens (primary N) is 1. The van der Waals surface area contributed by atoms with E-state index in [-0.39, 0.29) is 36.4 Å². The van der Waals surface area contributed by atoms with Gasteiger partial charge in [-0.05, 0) is 99.6 Å². The van der Waals surface area contributed by atoms with Crippen molar-refractivity contribution < 1.29 is 29.3 Å². The van der Waals surface area contributed by atoms with Crippen molar-refractivity contribution in [2.75, 3.05) is 16.8 Å². The lowest BCUT2D eigenvalue weighted by Gasteiger charge is -2.36. The van der Waals surface area contributed by atoms with Crippen LogP contribution in [0.5, 0.6) is 5.75 Å². The van der Waals surface area contributed by atoms with Gasteiger partial charge in [0, 0.05) is 37.1 Å². The minimum absolute atomic E-state index is 0.0408. The van der Waals surface area contributed by atoms with Crippen molar-refractivity contribution in [3.05, 3.63) is 144 Å². The average Bonchev–Trinajstić information content (AvgIpc) is 3.73. The molecule has 0 spiro atoms. The Morgan fingerprint density at radius 2 is 1.55 bits per heavy atom. The SMILES string of the molecule is Nc1ccccc1NC(=O)CCCCC(=O)NCc1cccc(-c2cccc(C3OC(CSc4nnnn4-c4ccc(O)cc4)CC(c4ccc(CO)cc4)O3)c2)c1. The lowest BCUT2D eigenvalue weighted by Crippen LogP contribution is -2.31. The summed E-state index contributed by atoms with van der Waals surface area (Å²) in [5, 5.41) is 38.1. The van der Waals surface area contributed by atoms with Gasteiger partial charge in [0.2, 0.25) is 17.0 Å². The van der Waals surface area contributed by atoms with Gasteiger partial charge in [0.05, 0.1) is 35.9 Å². The second kappa shape index (κ2) is 19.4. The highest BCUT2D eigenvalue weighted by Gasteiger charge is 2.33. The normalized spacial score (nSPS) is 16.5. The summed E-state index contributed by atoms with van der Waals surface area (Å²) in [6.07, 6.45) is 1.24. The van der Waals surface area contributed by atoms with Gasteiger partial charge in [-0.1, -0.05) is 84.6 Å². The average molecular weight is 800 g/mol. The molecule has 6 N–H and O–H groups in total. The molecule has 0 bridgehead atoms. The zero-order chi connectivity index (χ0) is 40.3. The van der Waals surface area contributed by atoms with Crippen LogP contribution in [0.2, 0.25) is 0 Å². The maximum absolute atomic E-state index is 12.7. The lowest BCUT2D eigenvalue weighted by atomic mass is 9.99. The number of ether oxygens (including phenoxy) is 2. The van der Waals surface area contributed by atoms with Crippen molar-refractivity contribution in [2.45, 2.75) is 68.9 Å². The second-order valence-corrected chi connectivity index (χ2v) is 15.0. The number of rotatable bonds is 16. The molecule has 7 rings (SSSR count). The Morgan fingerprint density at radius 3 is 2.33 bits per heavy atom. The summed E-state index contributed by atoms with van der Waals surface area (Å²) >= 11 is 1.48. The molecule has 0 radical (unpaired) electrons. The number of nitrogen functional groups attached to an aromatic ring is 1. The number of hydrogen-bond donors (Lipinski definition) is 5. The number of phenolic OH excluding ortho intramolecular Hbond substituents is 1. The van der Waals surface area contributed by atoms with Crippen molar-refractivity contribution in [3.63, 3.8) is 0 Å². The Hall–Kier alpha value is -6.06. The van der Waals surface area contributed by atoms with E-state index in [9.17, 15) is 19.8 Å². The molecule has 0 aliphatic carbocycles. The molecule has 1 saturated heterocycles. The first-order chi connectivity index (χ1) is 28.3. The summed E-state index contributed by atoms with van der Waals surface area (Å²) in [4.78, 5) is 25.0. The molecule has 6 aromatic rings. The van der Waals surface area contributed by atoms with Crippen LogP contribution in [0, 0.1) is 0 Å². The molecule has 1 aliphatic rings. The maximum atomic E-state index is 12.7. The molecule has 1 fully saturated rings. The molecule has 3 unspecified atom stereocenters. The van der Waals surface area contributed by atoms with E-state index in [1.54, 1.807) is 41.1 Å². The number of para-hydroxylation sites is 2. The highest BCUT2D eigenvalue weighted by Crippen LogP contribution is 2.40. The summed E-state index contributed by atoms with van der Waals surface area (Å²) in [6, 6.07) is 37.7. The van der Waals surface area contributed by atoms with Gasteiger partial charge >= 0.3 is 0 Å². The first kappa shape index (κ1) is 40.1. The van der Waals surface area contributed by atoms with Crippen LogP contribution < -0.4 is 16.4 Å². The van der Waals surface area contributed by atoms with Crippen LogP contribution in [0.15, 0.2) is 126 Å². The Kier molecular flexibility index (Phi) is 13.4. The Morgan fingerprint density at radius 1 is 0.810 bits per heavy atom. The van der Waals surface area contributed by atoms with Gasteiger partial charge in [-0.15, -0.1) is 5.10 Å².